The van der Waals surface area contributed by atoms with E-state index in [9.17, 15) is 15.2 Å². The van der Waals surface area contributed by atoms with E-state index < -0.39 is 17.2 Å². The van der Waals surface area contributed by atoms with Crippen LogP contribution < -0.4 is 10.1 Å². The smallest absolute Gasteiger partial charge is 0.270 e. The lowest BCUT2D eigenvalue weighted by Gasteiger charge is -2.10. The number of para-hydroxylation sites is 1. The second-order valence-electron chi connectivity index (χ2n) is 4.50. The molecule has 5 nitrogen and oxygen atoms in total. The maximum absolute atomic E-state index is 12.2. The Balaban J connectivity index is 2.35. The van der Waals surface area contributed by atoms with Crippen LogP contribution in [0.15, 0.2) is 54.1 Å². The summed E-state index contributed by atoms with van der Waals surface area (Å²) in [6, 6.07) is 14.7. The van der Waals surface area contributed by atoms with Crippen molar-refractivity contribution in [3.8, 4) is 11.8 Å². The van der Waals surface area contributed by atoms with Crippen molar-refractivity contribution < 1.29 is 14.6 Å². The molecule has 0 spiro atoms. The van der Waals surface area contributed by atoms with Gasteiger partial charge in [0.1, 0.15) is 17.6 Å². The van der Waals surface area contributed by atoms with Crippen molar-refractivity contribution in [1.82, 2.24) is 0 Å². The lowest BCUT2D eigenvalue weighted by Crippen LogP contribution is -2.15. The molecule has 0 radical (unpaired) electrons. The van der Waals surface area contributed by atoms with Crippen molar-refractivity contribution in [3.63, 3.8) is 0 Å². The van der Waals surface area contributed by atoms with Gasteiger partial charge in [-0.05, 0) is 36.4 Å². The molecule has 2 N–H and O–H groups in total. The van der Waals surface area contributed by atoms with Gasteiger partial charge in [0.05, 0.1) is 12.7 Å². The Hall–Kier alpha value is -2.97. The molecule has 116 valence electrons. The predicted molar refractivity (Wildman–Crippen MR) is 88.2 cm³/mol. The highest BCUT2D eigenvalue weighted by Gasteiger charge is 2.19. The Morgan fingerprint density at radius 1 is 1.22 bits per heavy atom. The fourth-order valence-electron chi connectivity index (χ4n) is 1.91. The summed E-state index contributed by atoms with van der Waals surface area (Å²) in [7, 11) is 1.44. The van der Waals surface area contributed by atoms with Crippen molar-refractivity contribution >= 4 is 29.0 Å². The van der Waals surface area contributed by atoms with Gasteiger partial charge in [-0.1, -0.05) is 23.7 Å². The van der Waals surface area contributed by atoms with Crippen LogP contribution in [-0.2, 0) is 4.79 Å². The average Bonchev–Trinajstić information content (AvgIpc) is 2.57. The third-order valence-corrected chi connectivity index (χ3v) is 3.29. The summed E-state index contributed by atoms with van der Waals surface area (Å²) in [4.78, 5) is 12.2. The number of halogens is 1. The van der Waals surface area contributed by atoms with Crippen LogP contribution in [0.1, 0.15) is 5.56 Å². The number of carbonyl (C=O) groups is 1. The maximum Gasteiger partial charge on any atom is 0.270 e. The molecule has 0 aliphatic heterocycles. The largest absolute Gasteiger partial charge is 0.506 e. The lowest BCUT2D eigenvalue weighted by molar-refractivity contribution is -0.112. The maximum atomic E-state index is 12.2. The second-order valence-corrected chi connectivity index (χ2v) is 4.93. The number of amides is 1. The van der Waals surface area contributed by atoms with Crippen LogP contribution in [0.5, 0.6) is 5.75 Å². The number of carbonyl (C=O) groups excluding carboxylic acids is 1. The minimum absolute atomic E-state index is 0.262. The van der Waals surface area contributed by atoms with E-state index >= 15 is 0 Å². The highest BCUT2D eigenvalue weighted by molar-refractivity contribution is 6.30. The van der Waals surface area contributed by atoms with Crippen LogP contribution in [0.3, 0.4) is 0 Å². The molecule has 0 aromatic heterocycles. The van der Waals surface area contributed by atoms with Crippen molar-refractivity contribution in [2.45, 2.75) is 0 Å². The topological polar surface area (TPSA) is 82.3 Å². The first-order valence-corrected chi connectivity index (χ1v) is 6.98. The Bertz CT molecular complexity index is 792. The number of ether oxygens (including phenoxy) is 1. The summed E-state index contributed by atoms with van der Waals surface area (Å²) < 4.78 is 5.12. The third kappa shape index (κ3) is 3.82. The molecule has 0 unspecified atom stereocenters. The molecular weight excluding hydrogens is 316 g/mol. The monoisotopic (exact) mass is 328 g/mol. The van der Waals surface area contributed by atoms with Crippen LogP contribution >= 0.6 is 11.6 Å². The minimum Gasteiger partial charge on any atom is -0.506 e. The molecule has 0 aliphatic rings. The molecular formula is C17H13ClN2O3. The molecule has 2 aromatic rings. The quantitative estimate of drug-likeness (QED) is 0.508. The SMILES string of the molecule is COc1ccccc1/C(O)=C(\C#N)C(=O)Nc1ccc(Cl)cc1. The van der Waals surface area contributed by atoms with Crippen molar-refractivity contribution in [3.05, 3.63) is 64.7 Å². The highest BCUT2D eigenvalue weighted by atomic mass is 35.5. The zero-order valence-electron chi connectivity index (χ0n) is 12.2. The number of nitriles is 1. The Morgan fingerprint density at radius 3 is 2.48 bits per heavy atom. The number of benzene rings is 2. The molecule has 0 bridgehead atoms. The van der Waals surface area contributed by atoms with Gasteiger partial charge < -0.3 is 15.2 Å². The van der Waals surface area contributed by atoms with Gasteiger partial charge in [0.25, 0.3) is 5.91 Å². The van der Waals surface area contributed by atoms with Gasteiger partial charge in [0.2, 0.25) is 0 Å². The number of hydrogen-bond donors (Lipinski definition) is 2. The van der Waals surface area contributed by atoms with Gasteiger partial charge in [-0.2, -0.15) is 5.26 Å². The third-order valence-electron chi connectivity index (χ3n) is 3.04. The van der Waals surface area contributed by atoms with Crippen LogP contribution in [0.25, 0.3) is 5.76 Å². The fourth-order valence-corrected chi connectivity index (χ4v) is 2.04. The summed E-state index contributed by atoms with van der Waals surface area (Å²) in [6.07, 6.45) is 0. The van der Waals surface area contributed by atoms with E-state index in [1.807, 2.05) is 0 Å². The van der Waals surface area contributed by atoms with E-state index in [0.29, 0.717) is 16.5 Å². The molecule has 2 aromatic carbocycles. The minimum atomic E-state index is -0.724. The lowest BCUT2D eigenvalue weighted by atomic mass is 10.1. The summed E-state index contributed by atoms with van der Waals surface area (Å²) in [5.74, 6) is -0.813. The first-order valence-electron chi connectivity index (χ1n) is 6.60. The van der Waals surface area contributed by atoms with Crippen LogP contribution in [0.2, 0.25) is 5.02 Å². The molecule has 0 atom stereocenters. The summed E-state index contributed by atoms with van der Waals surface area (Å²) in [5, 5.41) is 22.6. The molecule has 0 heterocycles. The molecule has 0 aliphatic carbocycles. The van der Waals surface area contributed by atoms with Crippen LogP contribution in [0.4, 0.5) is 5.69 Å². The molecule has 0 fully saturated rings. The summed E-state index contributed by atoms with van der Waals surface area (Å²) >= 11 is 5.77. The number of aliphatic hydroxyl groups is 1. The first-order chi connectivity index (χ1) is 11.1. The number of nitrogens with zero attached hydrogens (tertiary/aromatic N) is 1. The molecule has 0 saturated carbocycles. The normalized spacial score (nSPS) is 11.2. The van der Waals surface area contributed by atoms with E-state index in [4.69, 9.17) is 16.3 Å². The molecule has 6 heteroatoms. The van der Waals surface area contributed by atoms with Crippen molar-refractivity contribution in [1.29, 1.82) is 5.26 Å². The van der Waals surface area contributed by atoms with Crippen LogP contribution in [-0.4, -0.2) is 18.1 Å². The number of aliphatic hydroxyl groups excluding tert-OH is 1. The average molecular weight is 329 g/mol. The van der Waals surface area contributed by atoms with E-state index in [1.54, 1.807) is 54.6 Å². The zero-order chi connectivity index (χ0) is 16.8. The Morgan fingerprint density at radius 2 is 1.87 bits per heavy atom. The number of hydrogen-bond acceptors (Lipinski definition) is 4. The van der Waals surface area contributed by atoms with E-state index in [1.165, 1.54) is 7.11 Å². The Kier molecular flexibility index (Phi) is 5.23. The molecule has 2 rings (SSSR count). The molecule has 1 amide bonds. The highest BCUT2D eigenvalue weighted by Crippen LogP contribution is 2.26. The van der Waals surface area contributed by atoms with E-state index in [-0.39, 0.29) is 5.56 Å². The van der Waals surface area contributed by atoms with Gasteiger partial charge in [-0.15, -0.1) is 0 Å². The van der Waals surface area contributed by atoms with E-state index in [0.717, 1.165) is 0 Å². The number of anilines is 1. The summed E-state index contributed by atoms with van der Waals surface area (Å²) in [6.45, 7) is 0. The second kappa shape index (κ2) is 7.34. The van der Waals surface area contributed by atoms with Crippen LogP contribution in [0, 0.1) is 11.3 Å². The van der Waals surface area contributed by atoms with Gasteiger partial charge >= 0.3 is 0 Å². The van der Waals surface area contributed by atoms with Gasteiger partial charge in [-0.3, -0.25) is 4.79 Å². The summed E-state index contributed by atoms with van der Waals surface area (Å²) in [5.41, 5.74) is 0.308. The van der Waals surface area contributed by atoms with E-state index in [2.05, 4.69) is 5.32 Å². The number of rotatable bonds is 4. The van der Waals surface area contributed by atoms with Gasteiger partial charge in [0, 0.05) is 10.7 Å². The zero-order valence-corrected chi connectivity index (χ0v) is 13.0. The van der Waals surface area contributed by atoms with Crippen molar-refractivity contribution in [2.24, 2.45) is 0 Å². The Labute approximate surface area is 138 Å². The fraction of sp³-hybridized carbons (Fsp3) is 0.0588. The predicted octanol–water partition coefficient (Wildman–Crippen LogP) is 3.78. The molecule has 23 heavy (non-hydrogen) atoms. The van der Waals surface area contributed by atoms with Gasteiger partial charge in [0.15, 0.2) is 5.57 Å². The molecule has 0 saturated heterocycles. The standard InChI is InChI=1S/C17H13ClN2O3/c1-23-15-5-3-2-4-13(15)16(21)14(10-19)17(22)20-12-8-6-11(18)7-9-12/h2-9,21H,1H3,(H,20,22)/b16-14-. The number of nitrogens with one attached hydrogen (secondary N) is 1. The van der Waals surface area contributed by atoms with Gasteiger partial charge in [-0.25, -0.2) is 0 Å². The number of methoxy groups -OCH3 is 1. The van der Waals surface area contributed by atoms with Crippen molar-refractivity contribution in [2.75, 3.05) is 12.4 Å². The first kappa shape index (κ1) is 16.4.